The summed E-state index contributed by atoms with van der Waals surface area (Å²) in [5.74, 6) is 0. The normalized spacial score (nSPS) is 11.2. The van der Waals surface area contributed by atoms with Crippen LogP contribution in [0.3, 0.4) is 0 Å². The summed E-state index contributed by atoms with van der Waals surface area (Å²) < 4.78 is 2.41. The van der Waals surface area contributed by atoms with Crippen LogP contribution < -0.4 is 9.80 Å². The second-order valence-electron chi connectivity index (χ2n) is 17.2. The first-order chi connectivity index (χ1) is 34.2. The molecule has 0 fully saturated rings. The van der Waals surface area contributed by atoms with Crippen LogP contribution in [0.15, 0.2) is 279 Å². The Labute approximate surface area is 402 Å². The Morgan fingerprint density at radius 3 is 1.43 bits per heavy atom. The third-order valence-corrected chi connectivity index (χ3v) is 13.1. The number of benzene rings is 10. The molecule has 12 rings (SSSR count). The number of nitrogens with zero attached hydrogens (tertiary/aromatic N) is 4. The van der Waals surface area contributed by atoms with E-state index in [-0.39, 0.29) is 0 Å². The van der Waals surface area contributed by atoms with Crippen molar-refractivity contribution in [3.05, 3.63) is 279 Å². The smallest absolute Gasteiger partial charge is 0.0547 e. The molecule has 0 amide bonds. The number of hydrogen-bond acceptors (Lipinski definition) is 3. The first-order valence-corrected chi connectivity index (χ1v) is 23.4. The van der Waals surface area contributed by atoms with Crippen LogP contribution in [0, 0.1) is 0 Å². The molecule has 0 bridgehead atoms. The van der Waals surface area contributed by atoms with Gasteiger partial charge in [-0.25, -0.2) is 0 Å². The molecule has 4 heteroatoms. The van der Waals surface area contributed by atoms with Gasteiger partial charge in [0.05, 0.1) is 16.7 Å². The lowest BCUT2D eigenvalue weighted by Gasteiger charge is -2.30. The Morgan fingerprint density at radius 1 is 0.275 bits per heavy atom. The van der Waals surface area contributed by atoms with E-state index in [1.54, 1.807) is 0 Å². The summed E-state index contributed by atoms with van der Waals surface area (Å²) >= 11 is 0. The van der Waals surface area contributed by atoms with Gasteiger partial charge in [0.1, 0.15) is 0 Å². The number of rotatable bonds is 11. The lowest BCUT2D eigenvalue weighted by molar-refractivity contribution is 1.18. The minimum atomic E-state index is 1.04. The minimum absolute atomic E-state index is 1.04. The molecule has 12 aromatic rings. The number of aromatic nitrogens is 2. The van der Waals surface area contributed by atoms with Gasteiger partial charge in [-0.3, -0.25) is 4.98 Å². The Balaban J connectivity index is 0.992. The maximum Gasteiger partial charge on any atom is 0.0547 e. The topological polar surface area (TPSA) is 24.3 Å². The van der Waals surface area contributed by atoms with E-state index >= 15 is 0 Å². The highest BCUT2D eigenvalue weighted by atomic mass is 15.2. The first-order valence-electron chi connectivity index (χ1n) is 23.4. The molecule has 0 radical (unpaired) electrons. The van der Waals surface area contributed by atoms with Crippen molar-refractivity contribution >= 4 is 55.9 Å². The zero-order valence-electron chi connectivity index (χ0n) is 37.8. The second-order valence-corrected chi connectivity index (χ2v) is 17.2. The van der Waals surface area contributed by atoms with E-state index in [4.69, 9.17) is 0 Å². The molecule has 0 saturated heterocycles. The zero-order valence-corrected chi connectivity index (χ0v) is 37.8. The van der Waals surface area contributed by atoms with E-state index in [1.807, 2.05) is 12.4 Å². The van der Waals surface area contributed by atoms with Gasteiger partial charge in [0, 0.05) is 62.9 Å². The van der Waals surface area contributed by atoms with Gasteiger partial charge in [-0.1, -0.05) is 170 Å². The molecule has 0 aliphatic heterocycles. The van der Waals surface area contributed by atoms with Gasteiger partial charge in [-0.2, -0.15) is 0 Å². The number of para-hydroxylation sites is 3. The summed E-state index contributed by atoms with van der Waals surface area (Å²) in [5.41, 5.74) is 19.1. The highest BCUT2D eigenvalue weighted by molar-refractivity contribution is 6.10. The average molecular weight is 883 g/mol. The molecule has 0 unspecified atom stereocenters. The Bertz CT molecular complexity index is 3620. The second kappa shape index (κ2) is 18.2. The van der Waals surface area contributed by atoms with E-state index in [0.717, 1.165) is 67.6 Å². The third-order valence-electron chi connectivity index (χ3n) is 13.1. The molecular formula is C65H46N4. The number of anilines is 6. The lowest BCUT2D eigenvalue weighted by atomic mass is 10.00. The standard InChI is InChI=1S/C65H46N4/c1-4-16-47(17-5-1)49-30-35-55(36-31-49)67(56-37-32-50(33-38-56)48-18-6-2-7-19-48)58-24-15-25-59(46-58)68(54-21-8-3-9-22-54)63-28-12-10-26-60(63)53-34-39-62-61-27-11-13-29-64(61)69(65(62)45-53)57-23-14-20-52(44-57)51-40-42-66-43-41-51/h1-46H. The van der Waals surface area contributed by atoms with Gasteiger partial charge in [0.2, 0.25) is 0 Å². The highest BCUT2D eigenvalue weighted by Crippen LogP contribution is 2.45. The van der Waals surface area contributed by atoms with Gasteiger partial charge < -0.3 is 14.4 Å². The van der Waals surface area contributed by atoms with Crippen molar-refractivity contribution in [2.75, 3.05) is 9.80 Å². The molecular weight excluding hydrogens is 837 g/mol. The van der Waals surface area contributed by atoms with Crippen LogP contribution in [-0.2, 0) is 0 Å². The van der Waals surface area contributed by atoms with Gasteiger partial charge in [0.25, 0.3) is 0 Å². The predicted octanol–water partition coefficient (Wildman–Crippen LogP) is 17.8. The van der Waals surface area contributed by atoms with E-state index in [9.17, 15) is 0 Å². The van der Waals surface area contributed by atoms with Gasteiger partial charge in [-0.05, 0) is 136 Å². The molecule has 0 saturated carbocycles. The van der Waals surface area contributed by atoms with Crippen LogP contribution in [0.5, 0.6) is 0 Å². The molecule has 69 heavy (non-hydrogen) atoms. The van der Waals surface area contributed by atoms with Gasteiger partial charge in [-0.15, -0.1) is 0 Å². The summed E-state index contributed by atoms with van der Waals surface area (Å²) in [6.45, 7) is 0. The molecule has 0 spiro atoms. The zero-order chi connectivity index (χ0) is 45.9. The third kappa shape index (κ3) is 8.00. The van der Waals surface area contributed by atoms with Crippen molar-refractivity contribution < 1.29 is 0 Å². The number of hydrogen-bond donors (Lipinski definition) is 0. The van der Waals surface area contributed by atoms with Gasteiger partial charge in [0.15, 0.2) is 0 Å². The van der Waals surface area contributed by atoms with Crippen LogP contribution in [0.25, 0.3) is 72.0 Å². The summed E-state index contributed by atoms with van der Waals surface area (Å²) in [4.78, 5) is 9.02. The molecule has 2 heterocycles. The SMILES string of the molecule is c1ccc(-c2ccc(N(c3ccc(-c4ccccc4)cc3)c3cccc(N(c4ccccc4)c4ccccc4-c4ccc5c6ccccc6n(-c6cccc(-c7ccncc7)c6)c5c4)c3)cc2)cc1. The van der Waals surface area contributed by atoms with Crippen LogP contribution in [0.4, 0.5) is 34.1 Å². The summed E-state index contributed by atoms with van der Waals surface area (Å²) in [5, 5.41) is 2.43. The van der Waals surface area contributed by atoms with Crippen LogP contribution in [0.2, 0.25) is 0 Å². The van der Waals surface area contributed by atoms with Crippen molar-refractivity contribution in [2.24, 2.45) is 0 Å². The molecule has 4 nitrogen and oxygen atoms in total. The molecule has 0 aliphatic carbocycles. The lowest BCUT2D eigenvalue weighted by Crippen LogP contribution is -2.13. The van der Waals surface area contributed by atoms with Crippen molar-refractivity contribution in [2.45, 2.75) is 0 Å². The highest BCUT2D eigenvalue weighted by Gasteiger charge is 2.21. The molecule has 0 N–H and O–H groups in total. The van der Waals surface area contributed by atoms with Crippen molar-refractivity contribution in [1.29, 1.82) is 0 Å². The van der Waals surface area contributed by atoms with E-state index in [2.05, 4.69) is 286 Å². The fraction of sp³-hybridized carbons (Fsp3) is 0. The predicted molar refractivity (Wildman–Crippen MR) is 290 cm³/mol. The molecule has 0 atom stereocenters. The van der Waals surface area contributed by atoms with E-state index in [0.29, 0.717) is 0 Å². The molecule has 10 aromatic carbocycles. The summed E-state index contributed by atoms with van der Waals surface area (Å²) in [7, 11) is 0. The maximum absolute atomic E-state index is 4.27. The van der Waals surface area contributed by atoms with Gasteiger partial charge >= 0.3 is 0 Å². The molecule has 0 aliphatic rings. The Hall–Kier alpha value is -9.25. The Morgan fingerprint density at radius 2 is 0.754 bits per heavy atom. The van der Waals surface area contributed by atoms with Crippen LogP contribution in [0.1, 0.15) is 0 Å². The van der Waals surface area contributed by atoms with Crippen LogP contribution in [-0.4, -0.2) is 9.55 Å². The maximum atomic E-state index is 4.27. The van der Waals surface area contributed by atoms with Crippen molar-refractivity contribution in [3.63, 3.8) is 0 Å². The fourth-order valence-electron chi connectivity index (χ4n) is 9.79. The largest absolute Gasteiger partial charge is 0.310 e. The van der Waals surface area contributed by atoms with Crippen molar-refractivity contribution in [3.8, 4) is 50.2 Å². The van der Waals surface area contributed by atoms with E-state index < -0.39 is 0 Å². The number of fused-ring (bicyclic) bond motifs is 3. The van der Waals surface area contributed by atoms with Crippen LogP contribution >= 0.6 is 0 Å². The molecule has 2 aromatic heterocycles. The monoisotopic (exact) mass is 882 g/mol. The fourth-order valence-corrected chi connectivity index (χ4v) is 9.79. The quantitative estimate of drug-likeness (QED) is 0.129. The summed E-state index contributed by atoms with van der Waals surface area (Å²) in [6.07, 6.45) is 3.71. The van der Waals surface area contributed by atoms with E-state index in [1.165, 1.54) is 38.5 Å². The number of pyridine rings is 1. The summed E-state index contributed by atoms with van der Waals surface area (Å²) in [6, 6.07) is 96.0. The average Bonchev–Trinajstić information content (AvgIpc) is 3.76. The molecule has 326 valence electrons. The Kier molecular flexibility index (Phi) is 10.9. The minimum Gasteiger partial charge on any atom is -0.310 e. The van der Waals surface area contributed by atoms with Crippen molar-refractivity contribution in [1.82, 2.24) is 9.55 Å². The first kappa shape index (κ1) is 41.2.